The number of hydrogen-bond donors (Lipinski definition) is 0. The molecule has 0 amide bonds. The van der Waals surface area contributed by atoms with Gasteiger partial charge in [0.15, 0.2) is 0 Å². The Labute approximate surface area is 75.3 Å². The van der Waals surface area contributed by atoms with Crippen molar-refractivity contribution in [3.63, 3.8) is 0 Å². The maximum atomic E-state index is 8.46. The molecule has 0 heterocycles. The Balaban J connectivity index is 2.52. The summed E-state index contributed by atoms with van der Waals surface area (Å²) in [5.74, 6) is 0.652. The Morgan fingerprint density at radius 1 is 1.80 bits per heavy atom. The normalized spacial score (nSPS) is 29.4. The standard InChI is InChI=1S/C8H10IN/c1-8(2)4-6(8)3-7(9)5-10/h3,6H,4H2,1-2H3. The van der Waals surface area contributed by atoms with E-state index in [1.807, 2.05) is 0 Å². The molecule has 0 saturated heterocycles. The van der Waals surface area contributed by atoms with E-state index in [1.54, 1.807) is 0 Å². The van der Waals surface area contributed by atoms with Gasteiger partial charge in [0.1, 0.15) is 6.07 Å². The molecule has 1 unspecified atom stereocenters. The highest BCUT2D eigenvalue weighted by molar-refractivity contribution is 14.1. The van der Waals surface area contributed by atoms with Crippen molar-refractivity contribution >= 4 is 22.6 Å². The molecule has 0 aromatic heterocycles. The number of rotatable bonds is 1. The molecule has 0 aromatic carbocycles. The van der Waals surface area contributed by atoms with Gasteiger partial charge in [-0.1, -0.05) is 19.9 Å². The molecule has 0 aromatic rings. The summed E-state index contributed by atoms with van der Waals surface area (Å²) >= 11 is 2.08. The van der Waals surface area contributed by atoms with E-state index >= 15 is 0 Å². The first kappa shape index (κ1) is 8.06. The van der Waals surface area contributed by atoms with Crippen molar-refractivity contribution in [2.75, 3.05) is 0 Å². The van der Waals surface area contributed by atoms with Crippen LogP contribution in [-0.4, -0.2) is 0 Å². The highest BCUT2D eigenvalue weighted by atomic mass is 127. The van der Waals surface area contributed by atoms with Crippen LogP contribution in [0.1, 0.15) is 20.3 Å². The van der Waals surface area contributed by atoms with Gasteiger partial charge in [-0.2, -0.15) is 5.26 Å². The van der Waals surface area contributed by atoms with E-state index in [9.17, 15) is 0 Å². The summed E-state index contributed by atoms with van der Waals surface area (Å²) in [5, 5.41) is 8.46. The van der Waals surface area contributed by atoms with E-state index < -0.39 is 0 Å². The van der Waals surface area contributed by atoms with E-state index in [-0.39, 0.29) is 0 Å². The van der Waals surface area contributed by atoms with Gasteiger partial charge in [0.05, 0.1) is 3.58 Å². The molecule has 0 spiro atoms. The second-order valence-electron chi connectivity index (χ2n) is 3.43. The third-order valence-electron chi connectivity index (χ3n) is 2.04. The largest absolute Gasteiger partial charge is 0.192 e. The molecule has 1 atom stereocenters. The van der Waals surface area contributed by atoms with Gasteiger partial charge in [-0.25, -0.2) is 0 Å². The highest BCUT2D eigenvalue weighted by Gasteiger charge is 2.43. The first-order valence-electron chi connectivity index (χ1n) is 3.34. The minimum atomic E-state index is 0.466. The third-order valence-corrected chi connectivity index (χ3v) is 2.64. The maximum Gasteiger partial charge on any atom is 0.105 e. The minimum absolute atomic E-state index is 0.466. The summed E-state index contributed by atoms with van der Waals surface area (Å²) in [6, 6.07) is 2.12. The molecule has 1 fully saturated rings. The lowest BCUT2D eigenvalue weighted by molar-refractivity contribution is 0.610. The summed E-state index contributed by atoms with van der Waals surface area (Å²) in [6.45, 7) is 4.46. The zero-order valence-corrected chi connectivity index (χ0v) is 8.34. The minimum Gasteiger partial charge on any atom is -0.192 e. The average Bonchev–Trinajstić information content (AvgIpc) is 2.40. The van der Waals surface area contributed by atoms with E-state index in [0.29, 0.717) is 11.3 Å². The fourth-order valence-corrected chi connectivity index (χ4v) is 1.44. The van der Waals surface area contributed by atoms with Crippen LogP contribution in [0.25, 0.3) is 0 Å². The monoisotopic (exact) mass is 247 g/mol. The van der Waals surface area contributed by atoms with E-state index in [0.717, 1.165) is 3.58 Å². The van der Waals surface area contributed by atoms with Gasteiger partial charge in [-0.15, -0.1) is 0 Å². The lowest BCUT2D eigenvalue weighted by atomic mass is 10.1. The molecular weight excluding hydrogens is 237 g/mol. The summed E-state index contributed by atoms with van der Waals surface area (Å²) < 4.78 is 0.827. The molecule has 0 radical (unpaired) electrons. The van der Waals surface area contributed by atoms with Gasteiger partial charge < -0.3 is 0 Å². The molecule has 1 aliphatic rings. The molecule has 0 bridgehead atoms. The Bertz CT molecular complexity index is 210. The molecule has 54 valence electrons. The molecule has 2 heteroatoms. The Kier molecular flexibility index (Phi) is 2.04. The van der Waals surface area contributed by atoms with Crippen LogP contribution in [0, 0.1) is 22.7 Å². The summed E-state index contributed by atoms with van der Waals surface area (Å²) in [5.41, 5.74) is 0.466. The number of nitrogens with zero attached hydrogens (tertiary/aromatic N) is 1. The van der Waals surface area contributed by atoms with Crippen molar-refractivity contribution in [2.45, 2.75) is 20.3 Å². The van der Waals surface area contributed by atoms with E-state index in [1.165, 1.54) is 6.42 Å². The predicted molar refractivity (Wildman–Crippen MR) is 49.6 cm³/mol. The molecule has 1 saturated carbocycles. The van der Waals surface area contributed by atoms with Crippen LogP contribution >= 0.6 is 22.6 Å². The molecule has 1 aliphatic carbocycles. The predicted octanol–water partition coefficient (Wildman–Crippen LogP) is 2.87. The highest BCUT2D eigenvalue weighted by Crippen LogP contribution is 2.53. The van der Waals surface area contributed by atoms with Crippen LogP contribution in [0.3, 0.4) is 0 Å². The summed E-state index contributed by atoms with van der Waals surface area (Å²) in [6.07, 6.45) is 3.31. The number of halogens is 1. The van der Waals surface area contributed by atoms with Gasteiger partial charge in [-0.3, -0.25) is 0 Å². The van der Waals surface area contributed by atoms with Crippen LogP contribution in [-0.2, 0) is 0 Å². The lowest BCUT2D eigenvalue weighted by Gasteiger charge is -1.95. The Morgan fingerprint density at radius 2 is 2.30 bits per heavy atom. The molecule has 0 aliphatic heterocycles. The van der Waals surface area contributed by atoms with Crippen molar-refractivity contribution < 1.29 is 0 Å². The molecular formula is C8H10IN. The second-order valence-corrected chi connectivity index (χ2v) is 4.59. The topological polar surface area (TPSA) is 23.8 Å². The van der Waals surface area contributed by atoms with E-state index in [4.69, 9.17) is 5.26 Å². The van der Waals surface area contributed by atoms with Crippen molar-refractivity contribution in [1.82, 2.24) is 0 Å². The van der Waals surface area contributed by atoms with Crippen molar-refractivity contribution in [3.05, 3.63) is 9.66 Å². The van der Waals surface area contributed by atoms with Gasteiger partial charge in [0.25, 0.3) is 0 Å². The maximum absolute atomic E-state index is 8.46. The lowest BCUT2D eigenvalue weighted by Crippen LogP contribution is -1.85. The fourth-order valence-electron chi connectivity index (χ4n) is 1.01. The van der Waals surface area contributed by atoms with Crippen molar-refractivity contribution in [2.24, 2.45) is 11.3 Å². The number of nitriles is 1. The van der Waals surface area contributed by atoms with Gasteiger partial charge >= 0.3 is 0 Å². The fraction of sp³-hybridized carbons (Fsp3) is 0.625. The van der Waals surface area contributed by atoms with Crippen LogP contribution in [0.15, 0.2) is 9.66 Å². The zero-order valence-electron chi connectivity index (χ0n) is 6.19. The van der Waals surface area contributed by atoms with Crippen LogP contribution in [0.4, 0.5) is 0 Å². The number of hydrogen-bond acceptors (Lipinski definition) is 1. The van der Waals surface area contributed by atoms with Crippen LogP contribution in [0.5, 0.6) is 0 Å². The SMILES string of the molecule is CC1(C)CC1C=C(I)C#N. The Hall–Kier alpha value is -0.0400. The first-order valence-corrected chi connectivity index (χ1v) is 4.41. The van der Waals surface area contributed by atoms with Gasteiger partial charge in [0.2, 0.25) is 0 Å². The number of allylic oxidation sites excluding steroid dienone is 2. The van der Waals surface area contributed by atoms with Crippen molar-refractivity contribution in [1.29, 1.82) is 5.26 Å². The Morgan fingerprint density at radius 3 is 2.60 bits per heavy atom. The van der Waals surface area contributed by atoms with Crippen molar-refractivity contribution in [3.8, 4) is 6.07 Å². The summed E-state index contributed by atoms with van der Waals surface area (Å²) in [7, 11) is 0. The quantitative estimate of drug-likeness (QED) is 0.516. The van der Waals surface area contributed by atoms with Crippen LogP contribution < -0.4 is 0 Å². The zero-order chi connectivity index (χ0) is 7.78. The molecule has 1 rings (SSSR count). The second kappa shape index (κ2) is 2.54. The summed E-state index contributed by atoms with van der Waals surface area (Å²) in [4.78, 5) is 0. The third kappa shape index (κ3) is 1.72. The average molecular weight is 247 g/mol. The molecule has 0 N–H and O–H groups in total. The van der Waals surface area contributed by atoms with E-state index in [2.05, 4.69) is 48.6 Å². The smallest absolute Gasteiger partial charge is 0.105 e. The molecule has 1 nitrogen and oxygen atoms in total. The van der Waals surface area contributed by atoms with Gasteiger partial charge in [0, 0.05) is 0 Å². The molecule has 10 heavy (non-hydrogen) atoms. The first-order chi connectivity index (χ1) is 4.56. The van der Waals surface area contributed by atoms with Crippen LogP contribution in [0.2, 0.25) is 0 Å². The van der Waals surface area contributed by atoms with Gasteiger partial charge in [-0.05, 0) is 40.3 Å².